The lowest BCUT2D eigenvalue weighted by Crippen LogP contribution is -2.11. The molecule has 0 bridgehead atoms. The van der Waals surface area contributed by atoms with Crippen molar-refractivity contribution < 1.29 is 28.0 Å². The van der Waals surface area contributed by atoms with Crippen LogP contribution in [0.25, 0.3) is 11.3 Å². The smallest absolute Gasteiger partial charge is 0.433 e. The van der Waals surface area contributed by atoms with Crippen molar-refractivity contribution in [3.63, 3.8) is 0 Å². The van der Waals surface area contributed by atoms with Crippen LogP contribution in [0.1, 0.15) is 16.1 Å². The molecular weight excluding hydrogens is 393 g/mol. The van der Waals surface area contributed by atoms with Crippen LogP contribution in [-0.2, 0) is 6.18 Å². The first kappa shape index (κ1) is 19.7. The number of carboxylic acids is 1. The molecule has 8 nitrogen and oxygen atoms in total. The van der Waals surface area contributed by atoms with Crippen LogP contribution in [0.3, 0.4) is 0 Å². The first-order valence-electron chi connectivity index (χ1n) is 7.95. The number of halogens is 3. The Hall–Kier alpha value is -4.02. The summed E-state index contributed by atoms with van der Waals surface area (Å²) in [5, 5.41) is 22.2. The van der Waals surface area contributed by atoms with Gasteiger partial charge in [-0.25, -0.2) is 14.8 Å². The Morgan fingerprint density at radius 1 is 1.03 bits per heavy atom. The maximum absolute atomic E-state index is 13.2. The van der Waals surface area contributed by atoms with Gasteiger partial charge in [-0.1, -0.05) is 0 Å². The van der Waals surface area contributed by atoms with E-state index in [0.717, 1.165) is 18.2 Å². The number of non-ortho nitro benzene ring substituents is 1. The first-order valence-corrected chi connectivity index (χ1v) is 7.95. The molecule has 2 aromatic carbocycles. The zero-order valence-electron chi connectivity index (χ0n) is 14.3. The Kier molecular flexibility index (Phi) is 5.13. The van der Waals surface area contributed by atoms with Crippen LogP contribution >= 0.6 is 0 Å². The molecule has 0 aliphatic rings. The minimum Gasteiger partial charge on any atom is -0.478 e. The molecule has 11 heteroatoms. The van der Waals surface area contributed by atoms with Crippen LogP contribution in [0.4, 0.5) is 30.5 Å². The largest absolute Gasteiger partial charge is 0.478 e. The number of nitrogens with zero attached hydrogens (tertiary/aromatic N) is 3. The molecule has 2 N–H and O–H groups in total. The Morgan fingerprint density at radius 2 is 1.66 bits per heavy atom. The van der Waals surface area contributed by atoms with E-state index in [1.54, 1.807) is 0 Å². The van der Waals surface area contributed by atoms with Crippen LogP contribution in [0.15, 0.2) is 54.6 Å². The monoisotopic (exact) mass is 404 g/mol. The van der Waals surface area contributed by atoms with E-state index >= 15 is 0 Å². The van der Waals surface area contributed by atoms with Crippen LogP contribution in [0.5, 0.6) is 0 Å². The number of carbonyl (C=O) groups is 1. The van der Waals surface area contributed by atoms with Crippen LogP contribution in [0.2, 0.25) is 0 Å². The second-order valence-electron chi connectivity index (χ2n) is 5.77. The van der Waals surface area contributed by atoms with Crippen LogP contribution in [-0.4, -0.2) is 26.0 Å². The molecule has 0 aliphatic heterocycles. The average molecular weight is 404 g/mol. The van der Waals surface area contributed by atoms with Crippen molar-refractivity contribution in [2.24, 2.45) is 0 Å². The maximum atomic E-state index is 13.2. The molecule has 3 rings (SSSR count). The highest BCUT2D eigenvalue weighted by Crippen LogP contribution is 2.32. The lowest BCUT2D eigenvalue weighted by molar-refractivity contribution is -0.384. The van der Waals surface area contributed by atoms with Gasteiger partial charge in [-0.15, -0.1) is 0 Å². The van der Waals surface area contributed by atoms with Crippen molar-refractivity contribution in [3.8, 4) is 11.3 Å². The fourth-order valence-electron chi connectivity index (χ4n) is 2.38. The highest BCUT2D eigenvalue weighted by Gasteiger charge is 2.34. The number of anilines is 2. The van der Waals surface area contributed by atoms with Gasteiger partial charge in [-0.3, -0.25) is 10.1 Å². The topological polar surface area (TPSA) is 118 Å². The molecular formula is C18H11F3N4O4. The van der Waals surface area contributed by atoms with Crippen molar-refractivity contribution in [2.75, 3.05) is 5.32 Å². The summed E-state index contributed by atoms with van der Waals surface area (Å²) in [6, 6.07) is 10.9. The van der Waals surface area contributed by atoms with Crippen LogP contribution < -0.4 is 5.32 Å². The average Bonchev–Trinajstić information content (AvgIpc) is 2.67. The minimum atomic E-state index is -4.75. The second-order valence-corrected chi connectivity index (χ2v) is 5.77. The van der Waals surface area contributed by atoms with Gasteiger partial charge in [0, 0.05) is 23.4 Å². The van der Waals surface area contributed by atoms with Crippen molar-refractivity contribution in [1.82, 2.24) is 9.97 Å². The number of aromatic carboxylic acids is 1. The van der Waals surface area contributed by atoms with Gasteiger partial charge < -0.3 is 10.4 Å². The molecule has 0 saturated carbocycles. The standard InChI is InChI=1S/C18H11F3N4O4/c19-18(20,21)15-9-14(10-3-7-13(8-4-10)25(28)29)23-17(24-15)22-12-5-1-11(2-6-12)16(26)27/h1-9H,(H,26,27)(H,22,23,24). The van der Waals surface area contributed by atoms with Crippen molar-refractivity contribution in [3.05, 3.63) is 76.0 Å². The summed E-state index contributed by atoms with van der Waals surface area (Å²) in [4.78, 5) is 28.5. The van der Waals surface area contributed by atoms with Gasteiger partial charge in [0.05, 0.1) is 16.2 Å². The highest BCUT2D eigenvalue weighted by atomic mass is 19.4. The summed E-state index contributed by atoms with van der Waals surface area (Å²) in [6.07, 6.45) is -4.75. The fraction of sp³-hybridized carbons (Fsp3) is 0.0556. The van der Waals surface area contributed by atoms with E-state index < -0.39 is 22.8 Å². The zero-order chi connectivity index (χ0) is 21.2. The summed E-state index contributed by atoms with van der Waals surface area (Å²) in [6.45, 7) is 0. The number of hydrogen-bond acceptors (Lipinski definition) is 6. The van der Waals surface area contributed by atoms with E-state index in [-0.39, 0.29) is 34.1 Å². The van der Waals surface area contributed by atoms with E-state index in [1.165, 1.54) is 36.4 Å². The normalized spacial score (nSPS) is 11.1. The quantitative estimate of drug-likeness (QED) is 0.474. The molecule has 0 unspecified atom stereocenters. The minimum absolute atomic E-state index is 0.00656. The summed E-state index contributed by atoms with van der Waals surface area (Å²) in [5.41, 5.74) is -0.989. The third-order valence-corrected chi connectivity index (χ3v) is 3.78. The van der Waals surface area contributed by atoms with Gasteiger partial charge in [-0.05, 0) is 42.5 Å². The van der Waals surface area contributed by atoms with E-state index in [1.807, 2.05) is 0 Å². The third kappa shape index (κ3) is 4.64. The molecule has 0 saturated heterocycles. The van der Waals surface area contributed by atoms with Crippen molar-refractivity contribution >= 4 is 23.3 Å². The van der Waals surface area contributed by atoms with E-state index in [9.17, 15) is 28.1 Å². The van der Waals surface area contributed by atoms with E-state index in [0.29, 0.717) is 0 Å². The van der Waals surface area contributed by atoms with Gasteiger partial charge in [0.15, 0.2) is 5.69 Å². The maximum Gasteiger partial charge on any atom is 0.433 e. The summed E-state index contributed by atoms with van der Waals surface area (Å²) < 4.78 is 39.7. The molecule has 0 radical (unpaired) electrons. The molecule has 29 heavy (non-hydrogen) atoms. The Morgan fingerprint density at radius 3 is 2.17 bits per heavy atom. The van der Waals surface area contributed by atoms with E-state index in [4.69, 9.17) is 5.11 Å². The molecule has 3 aromatic rings. The molecule has 0 fully saturated rings. The summed E-state index contributed by atoms with van der Waals surface area (Å²) in [7, 11) is 0. The number of nitrogens with one attached hydrogen (secondary N) is 1. The Labute approximate surface area is 160 Å². The number of nitro benzene ring substituents is 1. The SMILES string of the molecule is O=C(O)c1ccc(Nc2nc(-c3ccc([N+](=O)[O-])cc3)cc(C(F)(F)F)n2)cc1. The van der Waals surface area contributed by atoms with Gasteiger partial charge in [0.2, 0.25) is 5.95 Å². The van der Waals surface area contributed by atoms with Crippen LogP contribution in [0, 0.1) is 10.1 Å². The number of benzene rings is 2. The predicted molar refractivity (Wildman–Crippen MR) is 95.8 cm³/mol. The zero-order valence-corrected chi connectivity index (χ0v) is 14.3. The molecule has 1 heterocycles. The molecule has 0 aliphatic carbocycles. The summed E-state index contributed by atoms with van der Waals surface area (Å²) in [5.74, 6) is -1.51. The third-order valence-electron chi connectivity index (χ3n) is 3.78. The molecule has 0 amide bonds. The van der Waals surface area contributed by atoms with Crippen molar-refractivity contribution in [2.45, 2.75) is 6.18 Å². The number of hydrogen-bond donors (Lipinski definition) is 2. The fourth-order valence-corrected chi connectivity index (χ4v) is 2.38. The lowest BCUT2D eigenvalue weighted by atomic mass is 10.1. The predicted octanol–water partition coefficient (Wildman–Crippen LogP) is 4.51. The first-order chi connectivity index (χ1) is 13.6. The lowest BCUT2D eigenvalue weighted by Gasteiger charge is -2.12. The summed E-state index contributed by atoms with van der Waals surface area (Å²) >= 11 is 0. The highest BCUT2D eigenvalue weighted by molar-refractivity contribution is 5.88. The number of aromatic nitrogens is 2. The van der Waals surface area contributed by atoms with Gasteiger partial charge >= 0.3 is 12.1 Å². The molecule has 148 valence electrons. The molecule has 0 spiro atoms. The van der Waals surface area contributed by atoms with Crippen molar-refractivity contribution in [1.29, 1.82) is 0 Å². The molecule has 0 atom stereocenters. The number of carboxylic acid groups (broad SMARTS) is 1. The van der Waals surface area contributed by atoms with Gasteiger partial charge in [-0.2, -0.15) is 13.2 Å². The Bertz CT molecular complexity index is 1070. The van der Waals surface area contributed by atoms with Gasteiger partial charge in [0.25, 0.3) is 5.69 Å². The number of nitro groups is 1. The Balaban J connectivity index is 1.99. The van der Waals surface area contributed by atoms with E-state index in [2.05, 4.69) is 15.3 Å². The molecule has 1 aromatic heterocycles. The number of alkyl halides is 3. The number of rotatable bonds is 5. The van der Waals surface area contributed by atoms with Gasteiger partial charge in [0.1, 0.15) is 0 Å². The second kappa shape index (κ2) is 7.54.